The Balaban J connectivity index is 5.22. The number of carbonyl (C=O) groups is 3. The van der Waals surface area contributed by atoms with Crippen molar-refractivity contribution in [2.45, 2.75) is 20.8 Å². The molecule has 0 aliphatic carbocycles. The summed E-state index contributed by atoms with van der Waals surface area (Å²) in [6, 6.07) is 0. The van der Waals surface area contributed by atoms with Crippen LogP contribution in [-0.4, -0.2) is 42.1 Å². The number of hydrogen-bond donors (Lipinski definition) is 1. The van der Waals surface area contributed by atoms with Crippen LogP contribution in [0, 0.1) is 5.92 Å². The Kier molecular flexibility index (Phi) is 7.64. The molecule has 1 unspecified atom stereocenters. The van der Waals surface area contributed by atoms with Crippen LogP contribution >= 0.6 is 0 Å². The normalized spacial score (nSPS) is 12.2. The molecule has 0 radical (unpaired) electrons. The SMILES string of the molecule is C=C(C)C(=O)ON=C(OCC)C(C(=O)O)C(=O)OCC. The van der Waals surface area contributed by atoms with Gasteiger partial charge in [0, 0.05) is 5.57 Å². The van der Waals surface area contributed by atoms with Gasteiger partial charge in [-0.15, -0.1) is 0 Å². The third-order valence-electron chi connectivity index (χ3n) is 1.88. The van der Waals surface area contributed by atoms with E-state index in [1.165, 1.54) is 13.8 Å². The molecule has 1 atom stereocenters. The molecule has 0 aromatic carbocycles. The first-order chi connectivity index (χ1) is 9.34. The zero-order valence-corrected chi connectivity index (χ0v) is 11.5. The van der Waals surface area contributed by atoms with Crippen LogP contribution in [0.1, 0.15) is 20.8 Å². The minimum atomic E-state index is -1.80. The summed E-state index contributed by atoms with van der Waals surface area (Å²) in [6.07, 6.45) is 0. The molecule has 112 valence electrons. The van der Waals surface area contributed by atoms with Crippen LogP contribution in [0.2, 0.25) is 0 Å². The minimum absolute atomic E-state index is 0.00638. The zero-order chi connectivity index (χ0) is 15.7. The summed E-state index contributed by atoms with van der Waals surface area (Å²) in [7, 11) is 0. The van der Waals surface area contributed by atoms with Crippen molar-refractivity contribution in [1.82, 2.24) is 0 Å². The van der Waals surface area contributed by atoms with Gasteiger partial charge in [0.15, 0.2) is 0 Å². The van der Waals surface area contributed by atoms with Gasteiger partial charge in [0.05, 0.1) is 13.2 Å². The van der Waals surface area contributed by atoms with Crippen LogP contribution in [0.5, 0.6) is 0 Å². The Hall–Kier alpha value is -2.38. The summed E-state index contributed by atoms with van der Waals surface area (Å²) in [5, 5.41) is 12.3. The van der Waals surface area contributed by atoms with Crippen molar-refractivity contribution in [3.63, 3.8) is 0 Å². The molecule has 20 heavy (non-hydrogen) atoms. The summed E-state index contributed by atoms with van der Waals surface area (Å²) in [6.45, 7) is 7.82. The molecule has 1 N–H and O–H groups in total. The second-order valence-corrected chi connectivity index (χ2v) is 3.54. The number of esters is 1. The van der Waals surface area contributed by atoms with Gasteiger partial charge in [-0.3, -0.25) is 9.59 Å². The number of hydrogen-bond acceptors (Lipinski definition) is 7. The average molecular weight is 287 g/mol. The fourth-order valence-corrected chi connectivity index (χ4v) is 1.01. The van der Waals surface area contributed by atoms with E-state index in [2.05, 4.69) is 21.3 Å². The van der Waals surface area contributed by atoms with Crippen molar-refractivity contribution in [2.24, 2.45) is 11.1 Å². The van der Waals surface area contributed by atoms with Crippen molar-refractivity contribution in [1.29, 1.82) is 0 Å². The van der Waals surface area contributed by atoms with Gasteiger partial charge in [-0.25, -0.2) is 4.79 Å². The molecular formula is C12H17NO7. The number of carboxylic acid groups (broad SMARTS) is 1. The standard InChI is InChI=1S/C12H17NO7/c1-5-18-9(13-20-11(16)7(3)4)8(10(14)15)12(17)19-6-2/h8H,3,5-6H2,1-2,4H3,(H,14,15). The van der Waals surface area contributed by atoms with Crippen LogP contribution < -0.4 is 0 Å². The molecule has 0 aliphatic rings. The van der Waals surface area contributed by atoms with Crippen molar-refractivity contribution >= 4 is 23.8 Å². The zero-order valence-electron chi connectivity index (χ0n) is 11.5. The van der Waals surface area contributed by atoms with Gasteiger partial charge in [0.25, 0.3) is 5.90 Å². The third-order valence-corrected chi connectivity index (χ3v) is 1.88. The minimum Gasteiger partial charge on any atom is -0.480 e. The summed E-state index contributed by atoms with van der Waals surface area (Å²) in [5.74, 6) is -5.81. The Morgan fingerprint density at radius 2 is 1.75 bits per heavy atom. The molecule has 0 aliphatic heterocycles. The summed E-state index contributed by atoms with van der Waals surface area (Å²) >= 11 is 0. The number of oxime groups is 1. The second kappa shape index (κ2) is 8.68. The topological polar surface area (TPSA) is 111 Å². The van der Waals surface area contributed by atoms with Crippen molar-refractivity contribution in [2.75, 3.05) is 13.2 Å². The number of carbonyl (C=O) groups excluding carboxylic acids is 2. The smallest absolute Gasteiger partial charge is 0.361 e. The van der Waals surface area contributed by atoms with E-state index >= 15 is 0 Å². The van der Waals surface area contributed by atoms with E-state index < -0.39 is 29.7 Å². The lowest BCUT2D eigenvalue weighted by atomic mass is 10.1. The highest BCUT2D eigenvalue weighted by Gasteiger charge is 2.36. The summed E-state index contributed by atoms with van der Waals surface area (Å²) in [5.41, 5.74) is 0.0626. The molecule has 8 nitrogen and oxygen atoms in total. The third kappa shape index (κ3) is 5.51. The van der Waals surface area contributed by atoms with Crippen molar-refractivity contribution in [3.05, 3.63) is 12.2 Å². The van der Waals surface area contributed by atoms with Gasteiger partial charge in [-0.2, -0.15) is 0 Å². The predicted octanol–water partition coefficient (Wildman–Crippen LogP) is 0.720. The van der Waals surface area contributed by atoms with E-state index in [-0.39, 0.29) is 18.8 Å². The lowest BCUT2D eigenvalue weighted by molar-refractivity contribution is -0.156. The fraction of sp³-hybridized carbons (Fsp3) is 0.500. The lowest BCUT2D eigenvalue weighted by Crippen LogP contribution is -2.35. The first kappa shape index (κ1) is 17.6. The summed E-state index contributed by atoms with van der Waals surface area (Å²) < 4.78 is 9.53. The highest BCUT2D eigenvalue weighted by molar-refractivity contribution is 6.13. The number of nitrogens with zero attached hydrogens (tertiary/aromatic N) is 1. The molecule has 8 heteroatoms. The van der Waals surface area contributed by atoms with Crippen LogP contribution in [0.3, 0.4) is 0 Å². The van der Waals surface area contributed by atoms with Gasteiger partial charge in [-0.05, 0) is 25.9 Å². The molecule has 0 amide bonds. The van der Waals surface area contributed by atoms with E-state index in [1.807, 2.05) is 0 Å². The number of rotatable bonds is 7. The molecule has 0 heterocycles. The molecular weight excluding hydrogens is 270 g/mol. The van der Waals surface area contributed by atoms with E-state index in [0.29, 0.717) is 0 Å². The molecule has 0 saturated carbocycles. The van der Waals surface area contributed by atoms with Gasteiger partial charge in [0.1, 0.15) is 0 Å². The molecule has 0 saturated heterocycles. The van der Waals surface area contributed by atoms with Crippen LogP contribution in [-0.2, 0) is 28.7 Å². The van der Waals surface area contributed by atoms with E-state index in [9.17, 15) is 14.4 Å². The Morgan fingerprint density at radius 1 is 1.20 bits per heavy atom. The number of aliphatic carboxylic acids is 1. The van der Waals surface area contributed by atoms with Crippen molar-refractivity contribution < 1.29 is 33.8 Å². The molecule has 0 aromatic heterocycles. The van der Waals surface area contributed by atoms with Crippen molar-refractivity contribution in [3.8, 4) is 0 Å². The first-order valence-corrected chi connectivity index (χ1v) is 5.82. The molecule has 0 bridgehead atoms. The maximum absolute atomic E-state index is 11.6. The van der Waals surface area contributed by atoms with Crippen LogP contribution in [0.4, 0.5) is 0 Å². The Bertz CT molecular complexity index is 428. The monoisotopic (exact) mass is 287 g/mol. The molecule has 0 rings (SSSR count). The average Bonchev–Trinajstić information content (AvgIpc) is 2.35. The second-order valence-electron chi connectivity index (χ2n) is 3.54. The Morgan fingerprint density at radius 3 is 2.15 bits per heavy atom. The molecule has 0 spiro atoms. The molecule has 0 aromatic rings. The van der Waals surface area contributed by atoms with Gasteiger partial charge in [-0.1, -0.05) is 6.58 Å². The van der Waals surface area contributed by atoms with E-state index in [0.717, 1.165) is 0 Å². The maximum Gasteiger partial charge on any atom is 0.361 e. The molecule has 0 fully saturated rings. The predicted molar refractivity (Wildman–Crippen MR) is 67.7 cm³/mol. The number of carboxylic acids is 1. The van der Waals surface area contributed by atoms with Gasteiger partial charge < -0.3 is 19.4 Å². The summed E-state index contributed by atoms with van der Waals surface area (Å²) in [4.78, 5) is 38.3. The van der Waals surface area contributed by atoms with Crippen LogP contribution in [0.25, 0.3) is 0 Å². The quantitative estimate of drug-likeness (QED) is 0.140. The maximum atomic E-state index is 11.6. The highest BCUT2D eigenvalue weighted by Crippen LogP contribution is 2.08. The van der Waals surface area contributed by atoms with Gasteiger partial charge in [0.2, 0.25) is 5.92 Å². The lowest BCUT2D eigenvalue weighted by Gasteiger charge is -2.13. The highest BCUT2D eigenvalue weighted by atomic mass is 16.7. The van der Waals surface area contributed by atoms with Crippen LogP contribution in [0.15, 0.2) is 17.3 Å². The van der Waals surface area contributed by atoms with E-state index in [4.69, 9.17) is 9.84 Å². The van der Waals surface area contributed by atoms with Gasteiger partial charge >= 0.3 is 17.9 Å². The Labute approximate surface area is 116 Å². The fourth-order valence-electron chi connectivity index (χ4n) is 1.01. The number of ether oxygens (including phenoxy) is 2. The first-order valence-electron chi connectivity index (χ1n) is 5.82. The van der Waals surface area contributed by atoms with E-state index in [1.54, 1.807) is 6.92 Å². The largest absolute Gasteiger partial charge is 0.480 e.